The van der Waals surface area contributed by atoms with E-state index in [0.717, 1.165) is 40.1 Å². The molecule has 3 aromatic carbocycles. The molecule has 1 saturated heterocycles. The molecule has 38 heavy (non-hydrogen) atoms. The number of halogens is 3. The predicted molar refractivity (Wildman–Crippen MR) is 137 cm³/mol. The number of amides is 2. The van der Waals surface area contributed by atoms with Gasteiger partial charge in [-0.1, -0.05) is 59.5 Å². The van der Waals surface area contributed by atoms with Crippen molar-refractivity contribution in [2.24, 2.45) is 5.92 Å². The van der Waals surface area contributed by atoms with Gasteiger partial charge >= 0.3 is 11.0 Å². The van der Waals surface area contributed by atoms with E-state index in [1.54, 1.807) is 36.4 Å². The largest absolute Gasteiger partial charge is 0.457 e. The Morgan fingerprint density at radius 1 is 0.842 bits per heavy atom. The van der Waals surface area contributed by atoms with Crippen LogP contribution >= 0.6 is 23.1 Å². The summed E-state index contributed by atoms with van der Waals surface area (Å²) in [6.45, 7) is 0. The van der Waals surface area contributed by atoms with E-state index in [0.29, 0.717) is 27.0 Å². The molecule has 2 aliphatic rings. The Balaban J connectivity index is 1.42. The SMILES string of the molecule is O=C1[C@H]2[C@H](c3cccc(Oc4ccccc4)c3)c3sc(=O)[nH]c3S[C@H]2C(=O)N1c1cccc(C(F)(F)F)c1. The fourth-order valence-corrected chi connectivity index (χ4v) is 7.36. The Morgan fingerprint density at radius 2 is 1.58 bits per heavy atom. The van der Waals surface area contributed by atoms with Crippen molar-refractivity contribution in [1.29, 1.82) is 0 Å². The molecule has 0 unspecified atom stereocenters. The van der Waals surface area contributed by atoms with Crippen molar-refractivity contribution in [3.8, 4) is 11.5 Å². The summed E-state index contributed by atoms with van der Waals surface area (Å²) in [7, 11) is 0. The number of imide groups is 1. The predicted octanol–water partition coefficient (Wildman–Crippen LogP) is 6.04. The van der Waals surface area contributed by atoms with Crippen LogP contribution in [0.1, 0.15) is 21.9 Å². The number of nitrogens with zero attached hydrogens (tertiary/aromatic N) is 1. The van der Waals surface area contributed by atoms with Crippen LogP contribution in [-0.4, -0.2) is 22.0 Å². The number of fused-ring (bicyclic) bond motifs is 2. The number of aromatic nitrogens is 1. The summed E-state index contributed by atoms with van der Waals surface area (Å²) >= 11 is 2.02. The van der Waals surface area contributed by atoms with Crippen LogP contribution in [0.3, 0.4) is 0 Å². The molecule has 11 heteroatoms. The van der Waals surface area contributed by atoms with E-state index in [9.17, 15) is 27.6 Å². The highest BCUT2D eigenvalue weighted by Crippen LogP contribution is 2.53. The number of carbonyl (C=O) groups is 2. The van der Waals surface area contributed by atoms with Crippen LogP contribution < -0.4 is 14.5 Å². The number of para-hydroxylation sites is 1. The summed E-state index contributed by atoms with van der Waals surface area (Å²) in [6, 6.07) is 20.3. The molecule has 6 nitrogen and oxygen atoms in total. The third-order valence-corrected chi connectivity index (χ3v) is 8.85. The van der Waals surface area contributed by atoms with Gasteiger partial charge in [0, 0.05) is 10.8 Å². The Hall–Kier alpha value is -3.83. The zero-order valence-electron chi connectivity index (χ0n) is 19.3. The summed E-state index contributed by atoms with van der Waals surface area (Å²) in [6.07, 6.45) is -4.63. The molecular weight excluding hydrogens is 537 g/mol. The fourth-order valence-electron chi connectivity index (χ4n) is 4.85. The van der Waals surface area contributed by atoms with Gasteiger partial charge in [-0.25, -0.2) is 4.90 Å². The fraction of sp³-hybridized carbons (Fsp3) is 0.148. The molecule has 6 rings (SSSR count). The van der Waals surface area contributed by atoms with Crippen LogP contribution in [0.15, 0.2) is 88.7 Å². The molecule has 0 saturated carbocycles. The number of benzene rings is 3. The summed E-state index contributed by atoms with van der Waals surface area (Å²) in [5.74, 6) is -1.72. The number of hydrogen-bond acceptors (Lipinski definition) is 6. The van der Waals surface area contributed by atoms with Crippen molar-refractivity contribution in [1.82, 2.24) is 4.98 Å². The second-order valence-electron chi connectivity index (χ2n) is 8.80. The first-order valence-corrected chi connectivity index (χ1v) is 13.2. The minimum atomic E-state index is -4.63. The summed E-state index contributed by atoms with van der Waals surface area (Å²) in [4.78, 5) is 43.4. The molecular formula is C27H17F3N2O4S2. The second-order valence-corrected chi connectivity index (χ2v) is 11.0. The monoisotopic (exact) mass is 554 g/mol. The van der Waals surface area contributed by atoms with Gasteiger partial charge in [0.2, 0.25) is 11.8 Å². The molecule has 0 aliphatic carbocycles. The number of aromatic amines is 1. The van der Waals surface area contributed by atoms with Crippen molar-refractivity contribution in [3.63, 3.8) is 0 Å². The minimum Gasteiger partial charge on any atom is -0.457 e. The Morgan fingerprint density at radius 3 is 2.34 bits per heavy atom. The van der Waals surface area contributed by atoms with Gasteiger partial charge in [0.15, 0.2) is 0 Å². The number of ether oxygens (including phenoxy) is 1. The topological polar surface area (TPSA) is 79.5 Å². The summed E-state index contributed by atoms with van der Waals surface area (Å²) < 4.78 is 46.0. The summed E-state index contributed by atoms with van der Waals surface area (Å²) in [5, 5.41) is -0.439. The van der Waals surface area contributed by atoms with Crippen LogP contribution in [-0.2, 0) is 15.8 Å². The molecule has 3 atom stereocenters. The highest BCUT2D eigenvalue weighted by molar-refractivity contribution is 8.00. The summed E-state index contributed by atoms with van der Waals surface area (Å²) in [5.41, 5.74) is -0.442. The smallest absolute Gasteiger partial charge is 0.416 e. The van der Waals surface area contributed by atoms with Gasteiger partial charge in [-0.2, -0.15) is 13.2 Å². The lowest BCUT2D eigenvalue weighted by Gasteiger charge is -2.30. The lowest BCUT2D eigenvalue weighted by molar-refractivity contribution is -0.137. The van der Waals surface area contributed by atoms with Crippen molar-refractivity contribution < 1.29 is 27.5 Å². The molecule has 4 aromatic rings. The van der Waals surface area contributed by atoms with E-state index in [1.807, 2.05) is 18.2 Å². The van der Waals surface area contributed by atoms with Crippen LogP contribution in [0.25, 0.3) is 0 Å². The third-order valence-electron chi connectivity index (χ3n) is 6.45. The maximum absolute atomic E-state index is 13.8. The number of hydrogen-bond donors (Lipinski definition) is 1. The molecule has 1 N–H and O–H groups in total. The van der Waals surface area contributed by atoms with Crippen molar-refractivity contribution in [3.05, 3.63) is 105 Å². The van der Waals surface area contributed by atoms with Crippen LogP contribution in [0.5, 0.6) is 11.5 Å². The minimum absolute atomic E-state index is 0.137. The van der Waals surface area contributed by atoms with Crippen molar-refractivity contribution >= 4 is 40.6 Å². The second kappa shape index (κ2) is 9.17. The lowest BCUT2D eigenvalue weighted by atomic mass is 9.83. The van der Waals surface area contributed by atoms with E-state index in [2.05, 4.69) is 4.98 Å². The van der Waals surface area contributed by atoms with Gasteiger partial charge in [0.1, 0.15) is 16.7 Å². The van der Waals surface area contributed by atoms with Crippen LogP contribution in [0.2, 0.25) is 0 Å². The highest BCUT2D eigenvalue weighted by Gasteiger charge is 2.56. The molecule has 0 radical (unpaired) electrons. The molecule has 192 valence electrons. The zero-order chi connectivity index (χ0) is 26.6. The van der Waals surface area contributed by atoms with Crippen LogP contribution in [0.4, 0.5) is 18.9 Å². The number of rotatable bonds is 4. The maximum atomic E-state index is 13.8. The molecule has 0 bridgehead atoms. The average molecular weight is 555 g/mol. The van der Waals surface area contributed by atoms with Gasteiger partial charge in [0.05, 0.1) is 22.2 Å². The Bertz CT molecular complexity index is 1620. The number of carbonyl (C=O) groups excluding carboxylic acids is 2. The lowest BCUT2D eigenvalue weighted by Crippen LogP contribution is -2.32. The number of alkyl halides is 3. The first-order chi connectivity index (χ1) is 18.2. The number of H-pyrrole nitrogens is 1. The van der Waals surface area contributed by atoms with Gasteiger partial charge in [0.25, 0.3) is 0 Å². The van der Waals surface area contributed by atoms with Gasteiger partial charge in [-0.15, -0.1) is 0 Å². The van der Waals surface area contributed by atoms with E-state index in [-0.39, 0.29) is 10.6 Å². The quantitative estimate of drug-likeness (QED) is 0.311. The molecule has 1 fully saturated rings. The maximum Gasteiger partial charge on any atom is 0.416 e. The highest BCUT2D eigenvalue weighted by atomic mass is 32.2. The van der Waals surface area contributed by atoms with E-state index in [1.165, 1.54) is 12.1 Å². The zero-order valence-corrected chi connectivity index (χ0v) is 20.9. The van der Waals surface area contributed by atoms with Crippen molar-refractivity contribution in [2.75, 3.05) is 4.90 Å². The first-order valence-electron chi connectivity index (χ1n) is 11.5. The Kier molecular flexibility index (Phi) is 5.92. The standard InChI is InChI=1S/C27H17F3N2O4S2/c28-27(29,30)15-7-5-8-16(13-15)32-24(33)20-19(21-23(31-26(35)38-21)37-22(20)25(32)34)14-6-4-11-18(12-14)36-17-9-2-1-3-10-17/h1-13,19-20,22H,(H,31,35)/t19-,20-,22+/m0/s1. The van der Waals surface area contributed by atoms with E-state index >= 15 is 0 Å². The molecule has 3 heterocycles. The molecule has 2 aliphatic heterocycles. The third kappa shape index (κ3) is 4.21. The molecule has 0 spiro atoms. The van der Waals surface area contributed by atoms with Crippen molar-refractivity contribution in [2.45, 2.75) is 22.4 Å². The number of thioether (sulfide) groups is 1. The normalized spacial score (nSPS) is 20.8. The number of anilines is 1. The Labute approximate surface area is 222 Å². The van der Waals surface area contributed by atoms with E-state index < -0.39 is 40.6 Å². The average Bonchev–Trinajstić information content (AvgIpc) is 3.38. The molecule has 1 aromatic heterocycles. The number of thiazole rings is 1. The number of nitrogens with one attached hydrogen (secondary N) is 1. The van der Waals surface area contributed by atoms with Gasteiger partial charge in [-0.3, -0.25) is 14.4 Å². The first kappa shape index (κ1) is 24.5. The van der Waals surface area contributed by atoms with Gasteiger partial charge < -0.3 is 9.72 Å². The van der Waals surface area contributed by atoms with E-state index in [4.69, 9.17) is 4.74 Å². The molecule has 2 amide bonds. The van der Waals surface area contributed by atoms with Crippen LogP contribution in [0, 0.1) is 5.92 Å². The van der Waals surface area contributed by atoms with Gasteiger partial charge in [-0.05, 0) is 48.0 Å².